The summed E-state index contributed by atoms with van der Waals surface area (Å²) in [5.74, 6) is 0. The van der Waals surface area contributed by atoms with E-state index in [1.54, 1.807) is 0 Å². The molecule has 2 aliphatic carbocycles. The molecular weight excluding hydrogens is 428 g/mol. The van der Waals surface area contributed by atoms with E-state index in [1.807, 2.05) is 24.7 Å². The zero-order valence-electron chi connectivity index (χ0n) is 18.8. The molecule has 7 aromatic rings. The number of benzene rings is 3. The first-order chi connectivity index (χ1) is 17.3. The number of hydrogen-bond donors (Lipinski definition) is 0. The summed E-state index contributed by atoms with van der Waals surface area (Å²) >= 11 is 0. The molecule has 0 saturated carbocycles. The molecule has 4 heteroatoms. The molecule has 4 nitrogen and oxygen atoms in total. The minimum Gasteiger partial charge on any atom is -0.290 e. The molecular formula is C31H18N4. The van der Waals surface area contributed by atoms with Gasteiger partial charge in [-0.25, -0.2) is 4.98 Å². The maximum absolute atomic E-state index is 5.13. The predicted molar refractivity (Wildman–Crippen MR) is 140 cm³/mol. The monoisotopic (exact) mass is 446 g/mol. The topological polar surface area (TPSA) is 43.1 Å². The fraction of sp³-hybridized carbons (Fsp3) is 0.0645. The first kappa shape index (κ1) is 17.8. The molecule has 2 aliphatic rings. The van der Waals surface area contributed by atoms with Crippen LogP contribution in [0.1, 0.15) is 22.3 Å². The van der Waals surface area contributed by atoms with Crippen LogP contribution in [0.25, 0.3) is 60.7 Å². The van der Waals surface area contributed by atoms with Gasteiger partial charge < -0.3 is 0 Å². The van der Waals surface area contributed by atoms with Gasteiger partial charge in [0.1, 0.15) is 5.52 Å². The molecule has 0 amide bonds. The zero-order valence-corrected chi connectivity index (χ0v) is 18.8. The van der Waals surface area contributed by atoms with Crippen molar-refractivity contribution >= 4 is 38.5 Å². The van der Waals surface area contributed by atoms with Crippen LogP contribution in [0, 0.1) is 0 Å². The van der Waals surface area contributed by atoms with Crippen molar-refractivity contribution in [3.63, 3.8) is 0 Å². The van der Waals surface area contributed by atoms with Crippen molar-refractivity contribution < 1.29 is 0 Å². The molecule has 0 fully saturated rings. The van der Waals surface area contributed by atoms with Crippen LogP contribution in [-0.4, -0.2) is 19.4 Å². The summed E-state index contributed by atoms with van der Waals surface area (Å²) in [6, 6.07) is 24.3. The number of pyridine rings is 3. The second-order valence-electron chi connectivity index (χ2n) is 9.71. The Morgan fingerprint density at radius 2 is 1.60 bits per heavy atom. The number of nitrogens with zero attached hydrogens (tertiary/aromatic N) is 4. The summed E-state index contributed by atoms with van der Waals surface area (Å²) in [7, 11) is 0. The summed E-state index contributed by atoms with van der Waals surface area (Å²) in [5.41, 5.74) is 16.2. The average Bonchev–Trinajstić information content (AvgIpc) is 3.58. The Bertz CT molecular complexity index is 2070. The Labute approximate surface area is 200 Å². The lowest BCUT2D eigenvalue weighted by molar-refractivity contribution is 1.21. The van der Waals surface area contributed by atoms with E-state index in [0.29, 0.717) is 0 Å². The van der Waals surface area contributed by atoms with Crippen molar-refractivity contribution in [3.05, 3.63) is 108 Å². The molecule has 9 rings (SSSR count). The molecule has 3 aromatic carbocycles. The molecule has 0 saturated heterocycles. The highest BCUT2D eigenvalue weighted by Crippen LogP contribution is 2.47. The van der Waals surface area contributed by atoms with E-state index < -0.39 is 0 Å². The number of aromatic nitrogens is 4. The summed E-state index contributed by atoms with van der Waals surface area (Å²) in [6.07, 6.45) is 7.66. The second kappa shape index (κ2) is 6.10. The number of hydrogen-bond acceptors (Lipinski definition) is 3. The van der Waals surface area contributed by atoms with Crippen LogP contribution in [0.4, 0.5) is 0 Å². The van der Waals surface area contributed by atoms with Gasteiger partial charge in [0.25, 0.3) is 0 Å². The Morgan fingerprint density at radius 1 is 0.686 bits per heavy atom. The van der Waals surface area contributed by atoms with Gasteiger partial charge in [-0.2, -0.15) is 0 Å². The first-order valence-electron chi connectivity index (χ1n) is 12.0. The van der Waals surface area contributed by atoms with Crippen LogP contribution in [0.5, 0.6) is 0 Å². The van der Waals surface area contributed by atoms with Gasteiger partial charge in [-0.05, 0) is 76.1 Å². The van der Waals surface area contributed by atoms with Crippen molar-refractivity contribution in [2.24, 2.45) is 0 Å². The van der Waals surface area contributed by atoms with Gasteiger partial charge in [0.05, 0.1) is 16.6 Å². The van der Waals surface area contributed by atoms with Crippen molar-refractivity contribution in [1.82, 2.24) is 19.4 Å². The number of rotatable bonds is 0. The largest absolute Gasteiger partial charge is 0.290 e. The molecule has 0 bridgehead atoms. The molecule has 4 heterocycles. The van der Waals surface area contributed by atoms with E-state index in [1.165, 1.54) is 50.0 Å². The highest BCUT2D eigenvalue weighted by molar-refractivity contribution is 6.13. The van der Waals surface area contributed by atoms with Crippen LogP contribution >= 0.6 is 0 Å². The molecule has 0 spiro atoms. The summed E-state index contributed by atoms with van der Waals surface area (Å²) in [6.45, 7) is 0. The molecule has 4 aromatic heterocycles. The van der Waals surface area contributed by atoms with E-state index in [-0.39, 0.29) is 0 Å². The third kappa shape index (κ3) is 2.15. The maximum Gasteiger partial charge on any atom is 0.165 e. The fourth-order valence-corrected chi connectivity index (χ4v) is 6.46. The zero-order chi connectivity index (χ0) is 22.7. The summed E-state index contributed by atoms with van der Waals surface area (Å²) < 4.78 is 2.32. The minimum absolute atomic E-state index is 0.905. The van der Waals surface area contributed by atoms with Crippen LogP contribution in [0.3, 0.4) is 0 Å². The Morgan fingerprint density at radius 3 is 2.60 bits per heavy atom. The molecule has 0 atom stereocenters. The van der Waals surface area contributed by atoms with Crippen molar-refractivity contribution in [1.29, 1.82) is 0 Å². The van der Waals surface area contributed by atoms with Gasteiger partial charge in [0.15, 0.2) is 5.65 Å². The molecule has 0 N–H and O–H groups in total. The number of imidazole rings is 1. The third-order valence-electron chi connectivity index (χ3n) is 7.92. The molecule has 35 heavy (non-hydrogen) atoms. The average molecular weight is 447 g/mol. The quantitative estimate of drug-likeness (QED) is 0.243. The lowest BCUT2D eigenvalue weighted by Gasteiger charge is -2.11. The second-order valence-corrected chi connectivity index (χ2v) is 9.71. The Balaban J connectivity index is 1.46. The van der Waals surface area contributed by atoms with E-state index in [0.717, 1.165) is 45.8 Å². The third-order valence-corrected chi connectivity index (χ3v) is 7.92. The normalized spacial score (nSPS) is 13.5. The van der Waals surface area contributed by atoms with Gasteiger partial charge in [0, 0.05) is 34.9 Å². The van der Waals surface area contributed by atoms with Crippen molar-refractivity contribution in [2.75, 3.05) is 0 Å². The predicted octanol–water partition coefficient (Wildman–Crippen LogP) is 6.73. The van der Waals surface area contributed by atoms with Gasteiger partial charge >= 0.3 is 0 Å². The minimum atomic E-state index is 0.905. The van der Waals surface area contributed by atoms with Gasteiger partial charge in [-0.1, -0.05) is 42.5 Å². The summed E-state index contributed by atoms with van der Waals surface area (Å²) in [4.78, 5) is 14.3. The van der Waals surface area contributed by atoms with Crippen LogP contribution in [-0.2, 0) is 12.8 Å². The van der Waals surface area contributed by atoms with Gasteiger partial charge in [-0.15, -0.1) is 0 Å². The van der Waals surface area contributed by atoms with Gasteiger partial charge in [-0.3, -0.25) is 14.4 Å². The van der Waals surface area contributed by atoms with E-state index >= 15 is 0 Å². The standard InChI is InChI=1S/C31H18N4/c1-2-5-21-17(4-1)12-19-14-20-13-18-7-8-26-30(28(18)24(20)15-23(19)21)35-27-9-11-32-16-25(27)22-6-3-10-33-29(22)31(35)34-26/h1-11,14-16H,12-13H2. The molecule has 0 aliphatic heterocycles. The summed E-state index contributed by atoms with van der Waals surface area (Å²) in [5, 5.41) is 2.19. The fourth-order valence-electron chi connectivity index (χ4n) is 6.46. The Hall–Kier alpha value is -4.57. The highest BCUT2D eigenvalue weighted by Gasteiger charge is 2.28. The number of fused-ring (bicyclic) bond motifs is 15. The van der Waals surface area contributed by atoms with E-state index in [9.17, 15) is 0 Å². The van der Waals surface area contributed by atoms with E-state index in [2.05, 4.69) is 70.0 Å². The Kier molecular flexibility index (Phi) is 3.11. The smallest absolute Gasteiger partial charge is 0.165 e. The van der Waals surface area contributed by atoms with Crippen LogP contribution in [0.15, 0.2) is 85.3 Å². The molecule has 162 valence electrons. The van der Waals surface area contributed by atoms with Crippen molar-refractivity contribution in [3.8, 4) is 22.3 Å². The van der Waals surface area contributed by atoms with E-state index in [4.69, 9.17) is 9.97 Å². The molecule has 0 unspecified atom stereocenters. The van der Waals surface area contributed by atoms with Crippen LogP contribution < -0.4 is 0 Å². The SMILES string of the molecule is c1ccc2c(c1)Cc1cc3c(cc1-2)-c1c(ccc2nc4c5ncccc5c5cnccc5n4c12)C3. The highest BCUT2D eigenvalue weighted by atomic mass is 15.0. The molecule has 0 radical (unpaired) electrons. The van der Waals surface area contributed by atoms with Crippen molar-refractivity contribution in [2.45, 2.75) is 12.8 Å². The maximum atomic E-state index is 5.13. The lowest BCUT2D eigenvalue weighted by Crippen LogP contribution is -1.94. The lowest BCUT2D eigenvalue weighted by atomic mass is 9.97. The van der Waals surface area contributed by atoms with Crippen LogP contribution in [0.2, 0.25) is 0 Å². The van der Waals surface area contributed by atoms with Gasteiger partial charge in [0.2, 0.25) is 0 Å². The first-order valence-corrected chi connectivity index (χ1v) is 12.0.